The van der Waals surface area contributed by atoms with E-state index in [9.17, 15) is 0 Å². The second kappa shape index (κ2) is 4.35. The Kier molecular flexibility index (Phi) is 3.07. The van der Waals surface area contributed by atoms with Crippen LogP contribution in [0.15, 0.2) is 27.3 Å². The predicted molar refractivity (Wildman–Crippen MR) is 65.6 cm³/mol. The van der Waals surface area contributed by atoms with Gasteiger partial charge in [-0.05, 0) is 12.1 Å². The van der Waals surface area contributed by atoms with E-state index in [1.54, 1.807) is 13.2 Å². The van der Waals surface area contributed by atoms with Crippen molar-refractivity contribution in [2.45, 2.75) is 0 Å². The van der Waals surface area contributed by atoms with E-state index in [0.717, 1.165) is 10.0 Å². The standard InChI is InChI=1S/C10H8BrClN2O2/c1-15-9-6(2-5(11)3-8(9)12)7-4-14-16-10(7)13/h2-4H,13H2,1H3. The molecule has 0 fully saturated rings. The average molecular weight is 304 g/mol. The number of nitrogens with zero attached hydrogens (tertiary/aromatic N) is 1. The first-order valence-electron chi connectivity index (χ1n) is 4.37. The summed E-state index contributed by atoms with van der Waals surface area (Å²) in [5.41, 5.74) is 7.04. The lowest BCUT2D eigenvalue weighted by atomic mass is 10.1. The number of nitrogens with two attached hydrogens (primary N) is 1. The lowest BCUT2D eigenvalue weighted by Gasteiger charge is -2.09. The summed E-state index contributed by atoms with van der Waals surface area (Å²) >= 11 is 9.41. The molecule has 0 spiro atoms. The summed E-state index contributed by atoms with van der Waals surface area (Å²) in [6.07, 6.45) is 1.52. The van der Waals surface area contributed by atoms with Gasteiger partial charge in [0.2, 0.25) is 5.88 Å². The minimum atomic E-state index is 0.229. The number of hydrogen-bond acceptors (Lipinski definition) is 4. The first-order valence-corrected chi connectivity index (χ1v) is 5.54. The molecule has 2 rings (SSSR count). The minimum Gasteiger partial charge on any atom is -0.495 e. The zero-order valence-electron chi connectivity index (χ0n) is 8.33. The van der Waals surface area contributed by atoms with Gasteiger partial charge in [0.15, 0.2) is 0 Å². The molecule has 0 amide bonds. The van der Waals surface area contributed by atoms with Crippen molar-refractivity contribution in [1.29, 1.82) is 0 Å². The maximum Gasteiger partial charge on any atom is 0.230 e. The second-order valence-corrected chi connectivity index (χ2v) is 4.40. The number of ether oxygens (including phenoxy) is 1. The molecule has 0 aliphatic carbocycles. The van der Waals surface area contributed by atoms with E-state index in [4.69, 9.17) is 26.6 Å². The first-order chi connectivity index (χ1) is 7.63. The third kappa shape index (κ3) is 1.88. The van der Waals surface area contributed by atoms with Crippen LogP contribution in [0.1, 0.15) is 0 Å². The molecule has 0 bridgehead atoms. The van der Waals surface area contributed by atoms with E-state index in [2.05, 4.69) is 21.1 Å². The Balaban J connectivity index is 2.68. The summed E-state index contributed by atoms with van der Waals surface area (Å²) in [4.78, 5) is 0. The summed E-state index contributed by atoms with van der Waals surface area (Å²) in [6, 6.07) is 3.58. The van der Waals surface area contributed by atoms with Gasteiger partial charge >= 0.3 is 0 Å². The highest BCUT2D eigenvalue weighted by molar-refractivity contribution is 9.10. The Bertz CT molecular complexity index is 528. The van der Waals surface area contributed by atoms with E-state index >= 15 is 0 Å². The van der Waals surface area contributed by atoms with E-state index in [1.165, 1.54) is 6.20 Å². The number of aromatic nitrogens is 1. The van der Waals surface area contributed by atoms with Gasteiger partial charge in [-0.25, -0.2) is 0 Å². The normalized spacial score (nSPS) is 10.4. The molecule has 0 atom stereocenters. The van der Waals surface area contributed by atoms with Crippen LogP contribution in [0.3, 0.4) is 0 Å². The van der Waals surface area contributed by atoms with Crippen molar-refractivity contribution in [3.63, 3.8) is 0 Å². The van der Waals surface area contributed by atoms with Crippen LogP contribution in [-0.2, 0) is 0 Å². The van der Waals surface area contributed by atoms with Crippen LogP contribution in [0.25, 0.3) is 11.1 Å². The average Bonchev–Trinajstić information content (AvgIpc) is 2.63. The number of nitrogen functional groups attached to an aromatic ring is 1. The van der Waals surface area contributed by atoms with E-state index in [-0.39, 0.29) is 5.88 Å². The summed E-state index contributed by atoms with van der Waals surface area (Å²) in [5.74, 6) is 0.771. The molecule has 1 aromatic carbocycles. The van der Waals surface area contributed by atoms with Gasteiger partial charge in [-0.3, -0.25) is 0 Å². The third-order valence-electron chi connectivity index (χ3n) is 2.10. The van der Waals surface area contributed by atoms with Crippen LogP contribution in [0.2, 0.25) is 5.02 Å². The van der Waals surface area contributed by atoms with Crippen LogP contribution in [-0.4, -0.2) is 12.3 Å². The number of anilines is 1. The fourth-order valence-corrected chi connectivity index (χ4v) is 2.30. The van der Waals surface area contributed by atoms with Gasteiger partial charge in [0.05, 0.1) is 23.9 Å². The van der Waals surface area contributed by atoms with Crippen molar-refractivity contribution in [2.75, 3.05) is 12.8 Å². The summed E-state index contributed by atoms with van der Waals surface area (Å²) < 4.78 is 10.9. The zero-order valence-corrected chi connectivity index (χ0v) is 10.7. The topological polar surface area (TPSA) is 61.3 Å². The number of halogens is 2. The molecule has 4 nitrogen and oxygen atoms in total. The van der Waals surface area contributed by atoms with Crippen molar-refractivity contribution in [3.05, 3.63) is 27.8 Å². The Morgan fingerprint density at radius 2 is 2.19 bits per heavy atom. The predicted octanol–water partition coefficient (Wildman–Crippen LogP) is 3.35. The molecule has 2 N–H and O–H groups in total. The quantitative estimate of drug-likeness (QED) is 0.924. The lowest BCUT2D eigenvalue weighted by Crippen LogP contribution is -1.91. The zero-order chi connectivity index (χ0) is 11.7. The first kappa shape index (κ1) is 11.3. The van der Waals surface area contributed by atoms with Crippen molar-refractivity contribution in [2.24, 2.45) is 0 Å². The summed E-state index contributed by atoms with van der Waals surface area (Å²) in [6.45, 7) is 0. The molecular formula is C10H8BrClN2O2. The van der Waals surface area contributed by atoms with Crippen LogP contribution < -0.4 is 10.5 Å². The fraction of sp³-hybridized carbons (Fsp3) is 0.100. The molecule has 16 heavy (non-hydrogen) atoms. The Hall–Kier alpha value is -1.20. The molecule has 0 saturated carbocycles. The summed E-state index contributed by atoms with van der Waals surface area (Å²) in [7, 11) is 1.54. The molecule has 0 unspecified atom stereocenters. The van der Waals surface area contributed by atoms with E-state index in [1.807, 2.05) is 6.07 Å². The molecule has 6 heteroatoms. The fourth-order valence-electron chi connectivity index (χ4n) is 1.42. The van der Waals surface area contributed by atoms with Crippen molar-refractivity contribution in [3.8, 4) is 16.9 Å². The largest absolute Gasteiger partial charge is 0.495 e. The SMILES string of the molecule is COc1c(Cl)cc(Br)cc1-c1cnoc1N. The Labute approximate surface area is 105 Å². The molecule has 1 aromatic heterocycles. The second-order valence-electron chi connectivity index (χ2n) is 3.07. The molecule has 84 valence electrons. The molecule has 0 aliphatic rings. The molecule has 0 radical (unpaired) electrons. The van der Waals surface area contributed by atoms with E-state index < -0.39 is 0 Å². The molecule has 0 aliphatic heterocycles. The van der Waals surface area contributed by atoms with Crippen LogP contribution >= 0.6 is 27.5 Å². The maximum atomic E-state index is 6.06. The summed E-state index contributed by atoms with van der Waals surface area (Å²) in [5, 5.41) is 4.11. The van der Waals surface area contributed by atoms with Gasteiger partial charge in [-0.15, -0.1) is 0 Å². The van der Waals surface area contributed by atoms with Crippen LogP contribution in [0.4, 0.5) is 5.88 Å². The number of hydrogen-bond donors (Lipinski definition) is 1. The Morgan fingerprint density at radius 1 is 1.44 bits per heavy atom. The highest BCUT2D eigenvalue weighted by Crippen LogP contribution is 2.40. The van der Waals surface area contributed by atoms with Gasteiger partial charge in [-0.1, -0.05) is 32.7 Å². The molecular weight excluding hydrogens is 295 g/mol. The van der Waals surface area contributed by atoms with Crippen molar-refractivity contribution < 1.29 is 9.26 Å². The lowest BCUT2D eigenvalue weighted by molar-refractivity contribution is 0.416. The monoisotopic (exact) mass is 302 g/mol. The van der Waals surface area contributed by atoms with Gasteiger partial charge in [0.25, 0.3) is 0 Å². The van der Waals surface area contributed by atoms with Gasteiger partial charge < -0.3 is 15.0 Å². The van der Waals surface area contributed by atoms with Crippen molar-refractivity contribution >= 4 is 33.4 Å². The molecule has 1 heterocycles. The molecule has 0 saturated heterocycles. The van der Waals surface area contributed by atoms with Gasteiger partial charge in [-0.2, -0.15) is 0 Å². The third-order valence-corrected chi connectivity index (χ3v) is 2.84. The van der Waals surface area contributed by atoms with Crippen LogP contribution in [0.5, 0.6) is 5.75 Å². The maximum absolute atomic E-state index is 6.06. The highest BCUT2D eigenvalue weighted by Gasteiger charge is 2.16. The van der Waals surface area contributed by atoms with E-state index in [0.29, 0.717) is 16.3 Å². The minimum absolute atomic E-state index is 0.229. The number of rotatable bonds is 2. The Morgan fingerprint density at radius 3 is 2.75 bits per heavy atom. The van der Waals surface area contributed by atoms with Gasteiger partial charge in [0, 0.05) is 10.0 Å². The number of methoxy groups -OCH3 is 1. The van der Waals surface area contributed by atoms with Crippen LogP contribution in [0, 0.1) is 0 Å². The molecule has 2 aromatic rings. The van der Waals surface area contributed by atoms with Gasteiger partial charge in [0.1, 0.15) is 5.75 Å². The van der Waals surface area contributed by atoms with Crippen molar-refractivity contribution in [1.82, 2.24) is 5.16 Å². The highest BCUT2D eigenvalue weighted by atomic mass is 79.9. The smallest absolute Gasteiger partial charge is 0.230 e. The number of benzene rings is 1.